The first-order valence-corrected chi connectivity index (χ1v) is 24.8. The van der Waals surface area contributed by atoms with Gasteiger partial charge in [0.15, 0.2) is 5.82 Å². The van der Waals surface area contributed by atoms with Crippen LogP contribution in [0.4, 0.5) is 0 Å². The monoisotopic (exact) mass is 930 g/mol. The maximum absolute atomic E-state index is 5.54. The van der Waals surface area contributed by atoms with Crippen molar-refractivity contribution in [2.24, 2.45) is 0 Å². The molecule has 6 heteroatoms. The van der Waals surface area contributed by atoms with E-state index in [1.807, 2.05) is 24.3 Å². The van der Waals surface area contributed by atoms with Crippen molar-refractivity contribution in [3.05, 3.63) is 277 Å². The van der Waals surface area contributed by atoms with E-state index in [0.29, 0.717) is 5.82 Å². The van der Waals surface area contributed by atoms with Gasteiger partial charge in [0.25, 0.3) is 0 Å². The van der Waals surface area contributed by atoms with Gasteiger partial charge in [0.2, 0.25) is 0 Å². The van der Waals surface area contributed by atoms with Crippen molar-refractivity contribution in [3.63, 3.8) is 0 Å². The van der Waals surface area contributed by atoms with Gasteiger partial charge >= 0.3 is 0 Å². The summed E-state index contributed by atoms with van der Waals surface area (Å²) in [4.78, 5) is 21.6. The van der Waals surface area contributed by atoms with Crippen molar-refractivity contribution < 1.29 is 0 Å². The highest BCUT2D eigenvalue weighted by Gasteiger charge is 2.51. The average Bonchev–Trinajstić information content (AvgIpc) is 4.30. The highest BCUT2D eigenvalue weighted by molar-refractivity contribution is 5.96. The summed E-state index contributed by atoms with van der Waals surface area (Å²) in [6.45, 7) is 0. The molecule has 0 aliphatic heterocycles. The Bertz CT molecular complexity index is 4090. The molecule has 3 aromatic heterocycles. The van der Waals surface area contributed by atoms with Gasteiger partial charge in [-0.3, -0.25) is 9.13 Å². The molecule has 0 amide bonds. The molecule has 0 unspecified atom stereocenters. The van der Waals surface area contributed by atoms with Gasteiger partial charge in [0.1, 0.15) is 11.6 Å². The molecule has 0 radical (unpaired) electrons. The number of rotatable bonds is 7. The summed E-state index contributed by atoms with van der Waals surface area (Å²) in [7, 11) is 0. The number of hydrogen-bond acceptors (Lipinski definition) is 4. The Morgan fingerprint density at radius 1 is 0.274 bits per heavy atom. The van der Waals surface area contributed by atoms with E-state index >= 15 is 0 Å². The Kier molecular flexibility index (Phi) is 9.07. The van der Waals surface area contributed by atoms with Crippen LogP contribution in [0.15, 0.2) is 255 Å². The first-order chi connectivity index (χ1) is 36.2. The van der Waals surface area contributed by atoms with Crippen LogP contribution in [0, 0.1) is 0 Å². The minimum Gasteiger partial charge on any atom is -0.292 e. The van der Waals surface area contributed by atoms with E-state index in [9.17, 15) is 0 Å². The van der Waals surface area contributed by atoms with Crippen LogP contribution < -0.4 is 0 Å². The summed E-state index contributed by atoms with van der Waals surface area (Å²) in [6, 6.07) is 90.7. The maximum atomic E-state index is 5.54. The largest absolute Gasteiger partial charge is 0.292 e. The molecule has 3 heterocycles. The number of hydrogen-bond donors (Lipinski definition) is 0. The summed E-state index contributed by atoms with van der Waals surface area (Å²) < 4.78 is 4.49. The van der Waals surface area contributed by atoms with Crippen LogP contribution in [0.25, 0.3) is 112 Å². The normalized spacial score (nSPS) is 12.8. The molecule has 13 aromatic rings. The molecule has 73 heavy (non-hydrogen) atoms. The van der Waals surface area contributed by atoms with E-state index in [1.165, 1.54) is 44.5 Å². The SMILES string of the molecule is c1ccc(-n2c(-c3cccc(-c4cc(-c5cccc(-c6nc7ccccc7n6-c6ccccc6)c5)nc(-c5ccc6c(c5)C5(c7ccccc7-c7ccccc75)c5ccccc5-6)n4)c3)nc3ccccc32)cc1. The van der Waals surface area contributed by atoms with Crippen molar-refractivity contribution in [1.29, 1.82) is 0 Å². The van der Waals surface area contributed by atoms with Crippen molar-refractivity contribution in [3.8, 4) is 90.3 Å². The molecule has 2 aliphatic rings. The molecule has 340 valence electrons. The number of imidazole rings is 2. The lowest BCUT2D eigenvalue weighted by Crippen LogP contribution is -2.25. The highest BCUT2D eigenvalue weighted by Crippen LogP contribution is 2.63. The smallest absolute Gasteiger partial charge is 0.160 e. The van der Waals surface area contributed by atoms with Gasteiger partial charge in [-0.05, 0) is 117 Å². The van der Waals surface area contributed by atoms with Crippen molar-refractivity contribution in [2.45, 2.75) is 5.41 Å². The second-order valence-corrected chi connectivity index (χ2v) is 19.0. The number of aromatic nitrogens is 6. The first-order valence-electron chi connectivity index (χ1n) is 24.8. The third kappa shape index (κ3) is 6.24. The molecule has 0 bridgehead atoms. The van der Waals surface area contributed by atoms with Crippen LogP contribution in [0.1, 0.15) is 22.3 Å². The van der Waals surface area contributed by atoms with Gasteiger partial charge in [-0.1, -0.05) is 182 Å². The van der Waals surface area contributed by atoms with E-state index in [2.05, 4.69) is 240 Å². The molecule has 10 aromatic carbocycles. The number of nitrogens with zero attached hydrogens (tertiary/aromatic N) is 6. The van der Waals surface area contributed by atoms with Crippen LogP contribution in [-0.2, 0) is 5.41 Å². The third-order valence-corrected chi connectivity index (χ3v) is 15.0. The second kappa shape index (κ2) is 16.1. The molecule has 0 saturated heterocycles. The predicted octanol–water partition coefficient (Wildman–Crippen LogP) is 15.8. The van der Waals surface area contributed by atoms with E-state index in [0.717, 1.165) is 84.3 Å². The zero-order valence-corrected chi connectivity index (χ0v) is 39.4. The minimum atomic E-state index is -0.507. The zero-order valence-electron chi connectivity index (χ0n) is 39.4. The van der Waals surface area contributed by atoms with Crippen molar-refractivity contribution >= 4 is 22.1 Å². The molecule has 0 fully saturated rings. The fraction of sp³-hybridized carbons (Fsp3) is 0.0149. The van der Waals surface area contributed by atoms with E-state index < -0.39 is 5.41 Å². The van der Waals surface area contributed by atoms with Crippen LogP contribution in [0.3, 0.4) is 0 Å². The molecular weight excluding hydrogens is 889 g/mol. The Labute approximate surface area is 421 Å². The molecule has 0 N–H and O–H groups in total. The lowest BCUT2D eigenvalue weighted by molar-refractivity contribution is 0.794. The standard InChI is InChI=1S/C67H42N6/c1-3-23-48(24-4-1)72-62-35-15-13-33-58(62)70-65(72)46-21-17-19-43(39-46)60-42-61(44-20-18-22-47(40-44)66-71-59-34-14-16-36-63(59)73(66)49-25-5-2-6-26-49)69-64(68-60)45-37-38-53-52-29-9-12-32-56(52)67(57(53)41-45)54-30-10-7-27-50(54)51-28-8-11-31-55(51)67/h1-42H. The minimum absolute atomic E-state index is 0.507. The van der Waals surface area contributed by atoms with Gasteiger partial charge in [-0.25, -0.2) is 19.9 Å². The Hall–Kier alpha value is -9.78. The maximum Gasteiger partial charge on any atom is 0.160 e. The molecule has 15 rings (SSSR count). The lowest BCUT2D eigenvalue weighted by Gasteiger charge is -2.30. The topological polar surface area (TPSA) is 61.4 Å². The molecule has 0 saturated carbocycles. The van der Waals surface area contributed by atoms with E-state index in [4.69, 9.17) is 19.9 Å². The Balaban J connectivity index is 0.943. The van der Waals surface area contributed by atoms with Gasteiger partial charge in [-0.15, -0.1) is 0 Å². The van der Waals surface area contributed by atoms with Crippen LogP contribution in [0.5, 0.6) is 0 Å². The summed E-state index contributed by atoms with van der Waals surface area (Å²) in [5, 5.41) is 0. The summed E-state index contributed by atoms with van der Waals surface area (Å²) >= 11 is 0. The Morgan fingerprint density at radius 2 is 0.685 bits per heavy atom. The van der Waals surface area contributed by atoms with Gasteiger partial charge in [0.05, 0.1) is 38.9 Å². The fourth-order valence-electron chi connectivity index (χ4n) is 11.9. The first kappa shape index (κ1) is 41.0. The van der Waals surface area contributed by atoms with E-state index in [-0.39, 0.29) is 0 Å². The van der Waals surface area contributed by atoms with Crippen molar-refractivity contribution in [1.82, 2.24) is 29.1 Å². The highest BCUT2D eigenvalue weighted by atomic mass is 15.1. The molecule has 0 atom stereocenters. The predicted molar refractivity (Wildman–Crippen MR) is 295 cm³/mol. The summed E-state index contributed by atoms with van der Waals surface area (Å²) in [5.41, 5.74) is 22.1. The van der Waals surface area contributed by atoms with Gasteiger partial charge in [-0.2, -0.15) is 0 Å². The van der Waals surface area contributed by atoms with Crippen LogP contribution in [0.2, 0.25) is 0 Å². The average molecular weight is 931 g/mol. The lowest BCUT2D eigenvalue weighted by atomic mass is 9.70. The zero-order chi connectivity index (χ0) is 48.0. The number of para-hydroxylation sites is 6. The molecule has 2 aliphatic carbocycles. The Morgan fingerprint density at radius 3 is 1.18 bits per heavy atom. The molecular formula is C67H42N6. The van der Waals surface area contributed by atoms with E-state index in [1.54, 1.807) is 0 Å². The molecule has 1 spiro atoms. The summed E-state index contributed by atoms with van der Waals surface area (Å²) in [6.07, 6.45) is 0. The summed E-state index contributed by atoms with van der Waals surface area (Å²) in [5.74, 6) is 2.36. The quantitative estimate of drug-likeness (QED) is 0.160. The second-order valence-electron chi connectivity index (χ2n) is 19.0. The number of benzene rings is 10. The van der Waals surface area contributed by atoms with Gasteiger partial charge < -0.3 is 0 Å². The van der Waals surface area contributed by atoms with Crippen LogP contribution in [-0.4, -0.2) is 29.1 Å². The fourth-order valence-corrected chi connectivity index (χ4v) is 11.9. The van der Waals surface area contributed by atoms with Crippen molar-refractivity contribution in [2.75, 3.05) is 0 Å². The van der Waals surface area contributed by atoms with Crippen LogP contribution >= 0.6 is 0 Å². The van der Waals surface area contributed by atoms with Gasteiger partial charge in [0, 0.05) is 39.2 Å². The molecule has 6 nitrogen and oxygen atoms in total. The third-order valence-electron chi connectivity index (χ3n) is 15.0. The number of fused-ring (bicyclic) bond motifs is 12.